The van der Waals surface area contributed by atoms with Crippen molar-refractivity contribution in [1.82, 2.24) is 0 Å². The Labute approximate surface area is 147 Å². The standard InChI is InChI=1S/C20H22O5/c1-11-12(2)20(14-5-7-16-18(9-14)24-10-23-16)25-19(11)13-4-6-15(21)17(8-13)22-3/h4-9,11-12,19-21H,10H2,1-3H3/t11-,12-,19+,20?/m0/s1. The van der Waals surface area contributed by atoms with E-state index in [2.05, 4.69) is 13.8 Å². The molecule has 0 spiro atoms. The summed E-state index contributed by atoms with van der Waals surface area (Å²) in [6, 6.07) is 11.4. The number of hydrogen-bond acceptors (Lipinski definition) is 5. The van der Waals surface area contributed by atoms with Crippen molar-refractivity contribution in [3.63, 3.8) is 0 Å². The third-order valence-electron chi connectivity index (χ3n) is 5.34. The van der Waals surface area contributed by atoms with Crippen LogP contribution in [0.4, 0.5) is 0 Å². The van der Waals surface area contributed by atoms with Gasteiger partial charge in [0.25, 0.3) is 0 Å². The molecule has 2 heterocycles. The highest BCUT2D eigenvalue weighted by molar-refractivity contribution is 5.46. The number of hydrogen-bond donors (Lipinski definition) is 1. The molecular weight excluding hydrogens is 320 g/mol. The highest BCUT2D eigenvalue weighted by Crippen LogP contribution is 2.50. The lowest BCUT2D eigenvalue weighted by molar-refractivity contribution is 0.0288. The molecule has 5 heteroatoms. The summed E-state index contributed by atoms with van der Waals surface area (Å²) >= 11 is 0. The summed E-state index contributed by atoms with van der Waals surface area (Å²) in [5.41, 5.74) is 2.11. The van der Waals surface area contributed by atoms with Crippen molar-refractivity contribution in [2.24, 2.45) is 11.8 Å². The van der Waals surface area contributed by atoms with Crippen molar-refractivity contribution in [1.29, 1.82) is 0 Å². The second kappa shape index (κ2) is 6.15. The molecule has 2 aromatic carbocycles. The van der Waals surface area contributed by atoms with E-state index in [0.717, 1.165) is 22.6 Å². The maximum Gasteiger partial charge on any atom is 0.231 e. The Morgan fingerprint density at radius 2 is 1.56 bits per heavy atom. The number of rotatable bonds is 3. The van der Waals surface area contributed by atoms with Gasteiger partial charge >= 0.3 is 0 Å². The van der Waals surface area contributed by atoms with Gasteiger partial charge in [0, 0.05) is 0 Å². The van der Waals surface area contributed by atoms with Crippen LogP contribution in [0.25, 0.3) is 0 Å². The van der Waals surface area contributed by atoms with Crippen LogP contribution in [0.1, 0.15) is 37.2 Å². The first-order valence-electron chi connectivity index (χ1n) is 8.50. The minimum Gasteiger partial charge on any atom is -0.504 e. The zero-order valence-electron chi connectivity index (χ0n) is 14.6. The van der Waals surface area contributed by atoms with E-state index in [4.69, 9.17) is 18.9 Å². The summed E-state index contributed by atoms with van der Waals surface area (Å²) in [5.74, 6) is 2.82. The fraction of sp³-hybridized carbons (Fsp3) is 0.400. The van der Waals surface area contributed by atoms with E-state index in [0.29, 0.717) is 17.6 Å². The maximum atomic E-state index is 9.82. The highest BCUT2D eigenvalue weighted by Gasteiger charge is 2.41. The average molecular weight is 342 g/mol. The molecule has 132 valence electrons. The Morgan fingerprint density at radius 3 is 2.28 bits per heavy atom. The minimum atomic E-state index is -0.0556. The number of phenolic OH excluding ortho intramolecular Hbond substituents is 1. The molecule has 0 bridgehead atoms. The van der Waals surface area contributed by atoms with Gasteiger partial charge in [-0.3, -0.25) is 0 Å². The summed E-state index contributed by atoms with van der Waals surface area (Å²) in [5, 5.41) is 9.82. The molecule has 0 aliphatic carbocycles. The van der Waals surface area contributed by atoms with Gasteiger partial charge in [-0.1, -0.05) is 26.0 Å². The van der Waals surface area contributed by atoms with Crippen molar-refractivity contribution >= 4 is 0 Å². The van der Waals surface area contributed by atoms with Crippen LogP contribution in [-0.4, -0.2) is 19.0 Å². The van der Waals surface area contributed by atoms with Crippen LogP contribution in [0, 0.1) is 11.8 Å². The molecule has 2 aromatic rings. The van der Waals surface area contributed by atoms with Crippen molar-refractivity contribution < 1.29 is 24.1 Å². The molecule has 4 atom stereocenters. The minimum absolute atomic E-state index is 0.0192. The topological polar surface area (TPSA) is 57.2 Å². The van der Waals surface area contributed by atoms with E-state index in [1.807, 2.05) is 30.3 Å². The molecule has 0 saturated carbocycles. The lowest BCUT2D eigenvalue weighted by Crippen LogP contribution is -2.09. The molecule has 0 aromatic heterocycles. The van der Waals surface area contributed by atoms with Crippen LogP contribution in [0.2, 0.25) is 0 Å². The Kier molecular flexibility index (Phi) is 3.96. The predicted molar refractivity (Wildman–Crippen MR) is 92.1 cm³/mol. The van der Waals surface area contributed by atoms with Gasteiger partial charge in [-0.15, -0.1) is 0 Å². The normalized spacial score (nSPS) is 27.5. The lowest BCUT2D eigenvalue weighted by Gasteiger charge is -2.17. The maximum absolute atomic E-state index is 9.82. The molecule has 2 aliphatic rings. The number of phenols is 1. The van der Waals surface area contributed by atoms with E-state index < -0.39 is 0 Å². The van der Waals surface area contributed by atoms with E-state index in [9.17, 15) is 5.11 Å². The fourth-order valence-corrected chi connectivity index (χ4v) is 3.68. The van der Waals surface area contributed by atoms with Crippen LogP contribution >= 0.6 is 0 Å². The molecule has 4 rings (SSSR count). The zero-order chi connectivity index (χ0) is 17.6. The molecular formula is C20H22O5. The first-order valence-corrected chi connectivity index (χ1v) is 8.50. The van der Waals surface area contributed by atoms with Crippen LogP contribution in [0.3, 0.4) is 0 Å². The zero-order valence-corrected chi connectivity index (χ0v) is 14.6. The van der Waals surface area contributed by atoms with E-state index in [1.165, 1.54) is 0 Å². The number of benzene rings is 2. The summed E-state index contributed by atoms with van der Waals surface area (Å²) in [6.45, 7) is 4.67. The van der Waals surface area contributed by atoms with E-state index in [1.54, 1.807) is 13.2 Å². The molecule has 25 heavy (non-hydrogen) atoms. The Morgan fingerprint density at radius 1 is 0.920 bits per heavy atom. The SMILES string of the molecule is COc1cc([C@@H]2OC(c3ccc4c(c3)OCO4)[C@@H](C)[C@@H]2C)ccc1O. The lowest BCUT2D eigenvalue weighted by atomic mass is 9.85. The van der Waals surface area contributed by atoms with E-state index >= 15 is 0 Å². The number of aromatic hydroxyl groups is 1. The first kappa shape index (κ1) is 16.1. The van der Waals surface area contributed by atoms with Crippen LogP contribution in [0.15, 0.2) is 36.4 Å². The summed E-state index contributed by atoms with van der Waals surface area (Å²) in [7, 11) is 1.55. The third kappa shape index (κ3) is 2.68. The smallest absolute Gasteiger partial charge is 0.231 e. The van der Waals surface area contributed by atoms with Crippen LogP contribution < -0.4 is 14.2 Å². The number of fused-ring (bicyclic) bond motifs is 1. The molecule has 0 radical (unpaired) electrons. The molecule has 1 saturated heterocycles. The quantitative estimate of drug-likeness (QED) is 0.905. The number of ether oxygens (including phenoxy) is 4. The van der Waals surface area contributed by atoms with Gasteiger partial charge in [0.15, 0.2) is 23.0 Å². The molecule has 5 nitrogen and oxygen atoms in total. The second-order valence-electron chi connectivity index (χ2n) is 6.74. The summed E-state index contributed by atoms with van der Waals surface area (Å²) in [4.78, 5) is 0. The van der Waals surface area contributed by atoms with Gasteiger partial charge < -0.3 is 24.1 Å². The Bertz CT molecular complexity index is 767. The first-order chi connectivity index (χ1) is 12.1. The highest BCUT2D eigenvalue weighted by atomic mass is 16.7. The van der Waals surface area contributed by atoms with Gasteiger partial charge in [-0.25, -0.2) is 0 Å². The second-order valence-corrected chi connectivity index (χ2v) is 6.74. The summed E-state index contributed by atoms with van der Waals surface area (Å²) in [6.07, 6.45) is -0.0748. The molecule has 2 aliphatic heterocycles. The molecule has 1 N–H and O–H groups in total. The van der Waals surface area contributed by atoms with Crippen LogP contribution in [-0.2, 0) is 4.74 Å². The molecule has 1 fully saturated rings. The van der Waals surface area contributed by atoms with Gasteiger partial charge in [0.1, 0.15) is 0 Å². The number of methoxy groups -OCH3 is 1. The van der Waals surface area contributed by atoms with Crippen molar-refractivity contribution in [2.75, 3.05) is 13.9 Å². The van der Waals surface area contributed by atoms with E-state index in [-0.39, 0.29) is 24.8 Å². The van der Waals surface area contributed by atoms with Crippen molar-refractivity contribution in [3.8, 4) is 23.0 Å². The van der Waals surface area contributed by atoms with Crippen molar-refractivity contribution in [3.05, 3.63) is 47.5 Å². The molecule has 0 amide bonds. The third-order valence-corrected chi connectivity index (χ3v) is 5.34. The van der Waals surface area contributed by atoms with Gasteiger partial charge in [-0.2, -0.15) is 0 Å². The van der Waals surface area contributed by atoms with Gasteiger partial charge in [0.2, 0.25) is 6.79 Å². The van der Waals surface area contributed by atoms with Gasteiger partial charge in [0.05, 0.1) is 19.3 Å². The largest absolute Gasteiger partial charge is 0.504 e. The van der Waals surface area contributed by atoms with Crippen LogP contribution in [0.5, 0.6) is 23.0 Å². The summed E-state index contributed by atoms with van der Waals surface area (Å²) < 4.78 is 22.5. The van der Waals surface area contributed by atoms with Crippen molar-refractivity contribution in [2.45, 2.75) is 26.1 Å². The fourth-order valence-electron chi connectivity index (χ4n) is 3.68. The Balaban J connectivity index is 1.63. The Hall–Kier alpha value is -2.40. The average Bonchev–Trinajstić information content (AvgIpc) is 3.20. The molecule has 1 unspecified atom stereocenters. The predicted octanol–water partition coefficient (Wildman–Crippen LogP) is 4.21. The van der Waals surface area contributed by atoms with Gasteiger partial charge in [-0.05, 0) is 47.2 Å². The monoisotopic (exact) mass is 342 g/mol.